The summed E-state index contributed by atoms with van der Waals surface area (Å²) >= 11 is 12.0. The van der Waals surface area contributed by atoms with Crippen LogP contribution in [0.2, 0.25) is 10.0 Å². The molecular weight excluding hydrogens is 269 g/mol. The van der Waals surface area contributed by atoms with Gasteiger partial charge in [0.25, 0.3) is 0 Å². The predicted octanol–water partition coefficient (Wildman–Crippen LogP) is 4.82. The van der Waals surface area contributed by atoms with Crippen molar-refractivity contribution in [3.63, 3.8) is 0 Å². The molecule has 1 aromatic rings. The summed E-state index contributed by atoms with van der Waals surface area (Å²) in [6.07, 6.45) is 6.45. The number of anilines is 1. The van der Waals surface area contributed by atoms with Gasteiger partial charge in [-0.25, -0.2) is 0 Å². The van der Waals surface area contributed by atoms with Crippen molar-refractivity contribution >= 4 is 34.7 Å². The summed E-state index contributed by atoms with van der Waals surface area (Å²) in [5.41, 5.74) is 1.58. The van der Waals surface area contributed by atoms with Crippen molar-refractivity contribution in [2.45, 2.75) is 32.1 Å². The first-order valence-corrected chi connectivity index (χ1v) is 6.86. The van der Waals surface area contributed by atoms with Crippen molar-refractivity contribution in [2.24, 2.45) is 0 Å². The standard InChI is InChI=1S/C14H15Cl2NO/c15-11-6-7-12(16)13(8-11)17-9-10-4-2-1-3-5-14(10)18/h6-9,17H,1-5H2/b10-9-. The molecule has 0 unspecified atom stereocenters. The Kier molecular flexibility index (Phi) is 4.67. The molecule has 1 aliphatic rings. The van der Waals surface area contributed by atoms with Crippen LogP contribution in [-0.2, 0) is 4.79 Å². The minimum atomic E-state index is 0.234. The van der Waals surface area contributed by atoms with Crippen LogP contribution in [-0.4, -0.2) is 5.78 Å². The van der Waals surface area contributed by atoms with Crippen LogP contribution in [0, 0.1) is 0 Å². The fraction of sp³-hybridized carbons (Fsp3) is 0.357. The first-order chi connectivity index (χ1) is 8.66. The molecule has 2 rings (SSSR count). The number of benzene rings is 1. The van der Waals surface area contributed by atoms with Crippen molar-refractivity contribution in [1.82, 2.24) is 0 Å². The molecule has 1 saturated carbocycles. The van der Waals surface area contributed by atoms with Crippen LogP contribution < -0.4 is 5.32 Å². The van der Waals surface area contributed by atoms with Crippen molar-refractivity contribution in [2.75, 3.05) is 5.32 Å². The number of carbonyl (C=O) groups is 1. The Balaban J connectivity index is 2.13. The molecule has 0 aromatic heterocycles. The molecule has 1 fully saturated rings. The van der Waals surface area contributed by atoms with Crippen LogP contribution in [0.4, 0.5) is 5.69 Å². The average molecular weight is 284 g/mol. The highest BCUT2D eigenvalue weighted by Crippen LogP contribution is 2.26. The summed E-state index contributed by atoms with van der Waals surface area (Å²) in [5.74, 6) is 0.234. The van der Waals surface area contributed by atoms with Gasteiger partial charge in [-0.15, -0.1) is 0 Å². The third kappa shape index (κ3) is 3.50. The van der Waals surface area contributed by atoms with Gasteiger partial charge in [-0.3, -0.25) is 4.79 Å². The minimum absolute atomic E-state index is 0.234. The van der Waals surface area contributed by atoms with Crippen LogP contribution in [0.25, 0.3) is 0 Å². The number of ketones is 1. The predicted molar refractivity (Wildman–Crippen MR) is 76.3 cm³/mol. The summed E-state index contributed by atoms with van der Waals surface area (Å²) in [7, 11) is 0. The lowest BCUT2D eigenvalue weighted by Crippen LogP contribution is -2.02. The van der Waals surface area contributed by atoms with Gasteiger partial charge in [0.2, 0.25) is 0 Å². The second-order valence-electron chi connectivity index (χ2n) is 4.42. The van der Waals surface area contributed by atoms with Crippen LogP contribution in [0.15, 0.2) is 30.0 Å². The van der Waals surface area contributed by atoms with Gasteiger partial charge in [-0.05, 0) is 37.5 Å². The molecule has 0 amide bonds. The Labute approximate surface area is 117 Å². The van der Waals surface area contributed by atoms with E-state index in [1.54, 1.807) is 24.4 Å². The number of hydrogen-bond donors (Lipinski definition) is 1. The zero-order chi connectivity index (χ0) is 13.0. The molecule has 1 aromatic carbocycles. The molecule has 1 aliphatic carbocycles. The van der Waals surface area contributed by atoms with Gasteiger partial charge in [0.15, 0.2) is 5.78 Å². The zero-order valence-corrected chi connectivity index (χ0v) is 11.5. The van der Waals surface area contributed by atoms with E-state index in [0.717, 1.165) is 36.9 Å². The number of Topliss-reactive ketones (excluding diaryl/α,β-unsaturated/α-hetero) is 1. The quantitative estimate of drug-likeness (QED) is 0.623. The molecule has 1 N–H and O–H groups in total. The van der Waals surface area contributed by atoms with E-state index in [4.69, 9.17) is 23.2 Å². The number of allylic oxidation sites excluding steroid dienone is 1. The van der Waals surface area contributed by atoms with Crippen LogP contribution in [0.1, 0.15) is 32.1 Å². The third-order valence-electron chi connectivity index (χ3n) is 3.04. The first-order valence-electron chi connectivity index (χ1n) is 6.10. The molecule has 2 nitrogen and oxygen atoms in total. The number of nitrogens with one attached hydrogen (secondary N) is 1. The van der Waals surface area contributed by atoms with Crippen molar-refractivity contribution in [3.05, 3.63) is 40.0 Å². The normalized spacial score (nSPS) is 18.8. The van der Waals surface area contributed by atoms with Gasteiger partial charge >= 0.3 is 0 Å². The maximum atomic E-state index is 11.8. The van der Waals surface area contributed by atoms with E-state index in [0.29, 0.717) is 16.5 Å². The monoisotopic (exact) mass is 283 g/mol. The molecule has 0 saturated heterocycles. The maximum absolute atomic E-state index is 11.8. The second-order valence-corrected chi connectivity index (χ2v) is 5.27. The highest BCUT2D eigenvalue weighted by Gasteiger charge is 2.13. The van der Waals surface area contributed by atoms with E-state index in [1.807, 2.05) is 0 Å². The molecule has 0 spiro atoms. The SMILES string of the molecule is O=C1CCCCC/C1=C/Nc1cc(Cl)ccc1Cl. The Morgan fingerprint density at radius 1 is 1.11 bits per heavy atom. The number of rotatable bonds is 2. The van der Waals surface area contributed by atoms with E-state index >= 15 is 0 Å². The van der Waals surface area contributed by atoms with Gasteiger partial charge < -0.3 is 5.32 Å². The van der Waals surface area contributed by atoms with E-state index in [-0.39, 0.29) is 5.78 Å². The van der Waals surface area contributed by atoms with Crippen molar-refractivity contribution in [3.8, 4) is 0 Å². The van der Waals surface area contributed by atoms with Gasteiger partial charge in [0.1, 0.15) is 0 Å². The van der Waals surface area contributed by atoms with Crippen molar-refractivity contribution in [1.29, 1.82) is 0 Å². The van der Waals surface area contributed by atoms with E-state index < -0.39 is 0 Å². The second kappa shape index (κ2) is 6.26. The summed E-state index contributed by atoms with van der Waals surface area (Å²) in [4.78, 5) is 11.8. The lowest BCUT2D eigenvalue weighted by molar-refractivity contribution is -0.115. The molecular formula is C14H15Cl2NO. The Bertz CT molecular complexity index is 483. The number of carbonyl (C=O) groups excluding carboxylic acids is 1. The average Bonchev–Trinajstić information content (AvgIpc) is 2.55. The lowest BCUT2D eigenvalue weighted by atomic mass is 10.1. The summed E-state index contributed by atoms with van der Waals surface area (Å²) < 4.78 is 0. The Morgan fingerprint density at radius 2 is 1.89 bits per heavy atom. The van der Waals surface area contributed by atoms with Gasteiger partial charge in [-0.1, -0.05) is 29.6 Å². The first kappa shape index (κ1) is 13.4. The molecule has 0 bridgehead atoms. The summed E-state index contributed by atoms with van der Waals surface area (Å²) in [6.45, 7) is 0. The Morgan fingerprint density at radius 3 is 2.72 bits per heavy atom. The lowest BCUT2D eigenvalue weighted by Gasteiger charge is -2.07. The van der Waals surface area contributed by atoms with Gasteiger partial charge in [0.05, 0.1) is 10.7 Å². The van der Waals surface area contributed by atoms with E-state index in [2.05, 4.69) is 5.32 Å². The smallest absolute Gasteiger partial charge is 0.160 e. The van der Waals surface area contributed by atoms with Crippen molar-refractivity contribution < 1.29 is 4.79 Å². The fourth-order valence-electron chi connectivity index (χ4n) is 2.00. The fourth-order valence-corrected chi connectivity index (χ4v) is 2.35. The zero-order valence-electron chi connectivity index (χ0n) is 10.0. The van der Waals surface area contributed by atoms with E-state index in [1.165, 1.54) is 0 Å². The molecule has 18 heavy (non-hydrogen) atoms. The number of hydrogen-bond acceptors (Lipinski definition) is 2. The van der Waals surface area contributed by atoms with Crippen LogP contribution in [0.5, 0.6) is 0 Å². The molecule has 4 heteroatoms. The minimum Gasteiger partial charge on any atom is -0.360 e. The van der Waals surface area contributed by atoms with Gasteiger partial charge in [-0.2, -0.15) is 0 Å². The topological polar surface area (TPSA) is 29.1 Å². The highest BCUT2D eigenvalue weighted by atomic mass is 35.5. The third-order valence-corrected chi connectivity index (χ3v) is 3.60. The van der Waals surface area contributed by atoms with Crippen LogP contribution >= 0.6 is 23.2 Å². The summed E-state index contributed by atoms with van der Waals surface area (Å²) in [5, 5.41) is 4.30. The maximum Gasteiger partial charge on any atom is 0.160 e. The van der Waals surface area contributed by atoms with Gasteiger partial charge in [0, 0.05) is 23.2 Å². The number of halogens is 2. The molecule has 0 aliphatic heterocycles. The Hall–Kier alpha value is -0.990. The molecule has 0 radical (unpaired) electrons. The largest absolute Gasteiger partial charge is 0.360 e. The highest BCUT2D eigenvalue weighted by molar-refractivity contribution is 6.35. The molecule has 0 atom stereocenters. The molecule has 0 heterocycles. The van der Waals surface area contributed by atoms with E-state index in [9.17, 15) is 4.79 Å². The molecule has 96 valence electrons. The summed E-state index contributed by atoms with van der Waals surface area (Å²) in [6, 6.07) is 5.22. The van der Waals surface area contributed by atoms with Crippen LogP contribution in [0.3, 0.4) is 0 Å².